The van der Waals surface area contributed by atoms with Gasteiger partial charge in [-0.2, -0.15) is 6.42 Å². The molecule has 0 aliphatic rings. The van der Waals surface area contributed by atoms with Crippen molar-refractivity contribution in [1.82, 2.24) is 0 Å². The molecule has 0 atom stereocenters. The molecule has 0 nitrogen and oxygen atoms in total. The topological polar surface area (TPSA) is 0 Å². The zero-order chi connectivity index (χ0) is 7.54. The van der Waals surface area contributed by atoms with Crippen LogP contribution in [0.25, 0.3) is 0 Å². The van der Waals surface area contributed by atoms with Gasteiger partial charge in [0, 0.05) is 0 Å². The molecule has 0 aromatic carbocycles. The molecule has 0 unspecified atom stereocenters. The number of rotatable bonds is 3. The van der Waals surface area contributed by atoms with Crippen LogP contribution in [0.4, 0.5) is 0 Å². The minimum atomic E-state index is 0.382. The van der Waals surface area contributed by atoms with Gasteiger partial charge < -0.3 is 6.92 Å². The van der Waals surface area contributed by atoms with Crippen LogP contribution in [0.15, 0.2) is 0 Å². The molecular weight excluding hydrogens is 202 g/mol. The third kappa shape index (κ3) is 27.3. The molecule has 0 bridgehead atoms. The first-order valence-electron chi connectivity index (χ1n) is 2.96. The fourth-order valence-corrected chi connectivity index (χ4v) is 0.427. The van der Waals surface area contributed by atoms with Crippen LogP contribution in [0.2, 0.25) is 0 Å². The zero-order valence-corrected chi connectivity index (χ0v) is 8.18. The molecular formula is C6H13Cl2Co. The van der Waals surface area contributed by atoms with Gasteiger partial charge in [-0.15, -0.1) is 0 Å². The van der Waals surface area contributed by atoms with Gasteiger partial charge in [-0.25, -0.2) is 0 Å². The average molecular weight is 215 g/mol. The molecule has 0 amide bonds. The van der Waals surface area contributed by atoms with Gasteiger partial charge in [-0.05, 0) is 0 Å². The van der Waals surface area contributed by atoms with Crippen molar-refractivity contribution in [3.63, 3.8) is 0 Å². The molecule has 0 N–H and O–H groups in total. The normalized spacial score (nSPS) is 8.44. The average Bonchev–Trinajstić information content (AvgIpc) is 1.86. The summed E-state index contributed by atoms with van der Waals surface area (Å²) in [5.41, 5.74) is 0. The van der Waals surface area contributed by atoms with Crippen LogP contribution in [-0.2, 0) is 12.9 Å². The Morgan fingerprint density at radius 3 is 1.89 bits per heavy atom. The Kier molecular flexibility index (Phi) is 22.7. The van der Waals surface area contributed by atoms with E-state index in [9.17, 15) is 0 Å². The summed E-state index contributed by atoms with van der Waals surface area (Å²) >= 11 is 0.382. The first-order chi connectivity index (χ1) is 4.33. The summed E-state index contributed by atoms with van der Waals surface area (Å²) < 4.78 is 0. The number of hydrogen-bond donors (Lipinski definition) is 0. The van der Waals surface area contributed by atoms with Gasteiger partial charge in [0.25, 0.3) is 0 Å². The molecule has 3 heteroatoms. The van der Waals surface area contributed by atoms with Gasteiger partial charge in [0.1, 0.15) is 0 Å². The van der Waals surface area contributed by atoms with Gasteiger partial charge in [0.2, 0.25) is 0 Å². The summed E-state index contributed by atoms with van der Waals surface area (Å²) in [7, 11) is 9.47. The summed E-state index contributed by atoms with van der Waals surface area (Å²) in [5.74, 6) is 0. The summed E-state index contributed by atoms with van der Waals surface area (Å²) in [4.78, 5) is 0. The quantitative estimate of drug-likeness (QED) is 0.496. The second-order valence-corrected chi connectivity index (χ2v) is 3.33. The molecule has 0 heterocycles. The van der Waals surface area contributed by atoms with E-state index in [0.717, 1.165) is 6.42 Å². The third-order valence-electron chi connectivity index (χ3n) is 0.854. The van der Waals surface area contributed by atoms with Gasteiger partial charge in [-0.3, -0.25) is 0 Å². The second-order valence-electron chi connectivity index (χ2n) is 1.61. The van der Waals surface area contributed by atoms with Gasteiger partial charge in [0.05, 0.1) is 0 Å². The summed E-state index contributed by atoms with van der Waals surface area (Å²) in [6.45, 7) is 5.93. The fraction of sp³-hybridized carbons (Fsp3) is 0.833. The van der Waals surface area contributed by atoms with Crippen LogP contribution in [0.3, 0.4) is 0 Å². The van der Waals surface area contributed by atoms with E-state index in [-0.39, 0.29) is 0 Å². The molecule has 0 saturated carbocycles. The van der Waals surface area contributed by atoms with Crippen LogP contribution in [0, 0.1) is 6.92 Å². The van der Waals surface area contributed by atoms with Crippen molar-refractivity contribution in [1.29, 1.82) is 0 Å². The van der Waals surface area contributed by atoms with Crippen molar-refractivity contribution in [2.75, 3.05) is 0 Å². The Morgan fingerprint density at radius 2 is 1.78 bits per heavy atom. The van der Waals surface area contributed by atoms with E-state index in [1.807, 2.05) is 0 Å². The summed E-state index contributed by atoms with van der Waals surface area (Å²) in [5, 5.41) is 0. The van der Waals surface area contributed by atoms with E-state index in [0.29, 0.717) is 12.9 Å². The second kappa shape index (κ2) is 16.0. The Bertz CT molecular complexity index is 30.2. The van der Waals surface area contributed by atoms with Gasteiger partial charge in [0.15, 0.2) is 0 Å². The van der Waals surface area contributed by atoms with Crippen LogP contribution in [-0.4, -0.2) is 0 Å². The van der Waals surface area contributed by atoms with Gasteiger partial charge in [-0.1, -0.05) is 26.2 Å². The third-order valence-corrected chi connectivity index (χ3v) is 0.854. The SMILES string of the molecule is [CH2-]CCCCC.[Cl][Co+][Cl]. The molecule has 0 aliphatic heterocycles. The van der Waals surface area contributed by atoms with Crippen molar-refractivity contribution in [3.05, 3.63) is 6.92 Å². The Labute approximate surface area is 72.8 Å². The van der Waals surface area contributed by atoms with Crippen molar-refractivity contribution >= 4 is 20.3 Å². The molecule has 60 valence electrons. The summed E-state index contributed by atoms with van der Waals surface area (Å²) in [6, 6.07) is 0. The van der Waals surface area contributed by atoms with E-state index in [1.165, 1.54) is 19.3 Å². The van der Waals surface area contributed by atoms with E-state index in [4.69, 9.17) is 20.3 Å². The maximum absolute atomic E-state index is 4.73. The van der Waals surface area contributed by atoms with E-state index >= 15 is 0 Å². The van der Waals surface area contributed by atoms with Crippen molar-refractivity contribution in [2.45, 2.75) is 32.6 Å². The minimum absolute atomic E-state index is 0.382. The molecule has 0 radical (unpaired) electrons. The van der Waals surface area contributed by atoms with Crippen LogP contribution in [0.1, 0.15) is 32.6 Å². The van der Waals surface area contributed by atoms with E-state index in [2.05, 4.69) is 13.8 Å². The van der Waals surface area contributed by atoms with Crippen molar-refractivity contribution in [2.24, 2.45) is 0 Å². The monoisotopic (exact) mass is 214 g/mol. The number of halogens is 2. The predicted octanol–water partition coefficient (Wildman–Crippen LogP) is 3.78. The molecule has 0 aromatic rings. The first kappa shape index (κ1) is 12.7. The Morgan fingerprint density at radius 1 is 1.33 bits per heavy atom. The van der Waals surface area contributed by atoms with Crippen LogP contribution >= 0.6 is 20.3 Å². The standard InChI is InChI=1S/C6H13.2ClH.Co/c1-3-5-6-4-2;;;/h1,3-6H2,2H3;2*1H;/q-1;;;+3/p-2. The Hall–Kier alpha value is 1.09. The van der Waals surface area contributed by atoms with Crippen molar-refractivity contribution < 1.29 is 12.9 Å². The zero-order valence-electron chi connectivity index (χ0n) is 5.62. The fourth-order valence-electron chi connectivity index (χ4n) is 0.427. The molecule has 0 aliphatic carbocycles. The van der Waals surface area contributed by atoms with Gasteiger partial charge >= 0.3 is 33.2 Å². The van der Waals surface area contributed by atoms with E-state index in [1.54, 1.807) is 0 Å². The molecule has 9 heavy (non-hydrogen) atoms. The summed E-state index contributed by atoms with van der Waals surface area (Å²) in [6.07, 6.45) is 5.07. The maximum atomic E-state index is 4.73. The number of hydrogen-bond acceptors (Lipinski definition) is 0. The van der Waals surface area contributed by atoms with E-state index < -0.39 is 0 Å². The van der Waals surface area contributed by atoms with Crippen LogP contribution in [0.5, 0.6) is 0 Å². The van der Waals surface area contributed by atoms with Crippen LogP contribution < -0.4 is 0 Å². The molecule has 0 rings (SSSR count). The molecule has 0 fully saturated rings. The predicted molar refractivity (Wildman–Crippen MR) is 41.2 cm³/mol. The Balaban J connectivity index is 0. The molecule has 0 aromatic heterocycles. The molecule has 0 spiro atoms. The first-order valence-corrected chi connectivity index (χ1v) is 5.82. The number of unbranched alkanes of at least 4 members (excludes halogenated alkanes) is 3. The molecule has 0 saturated heterocycles. The van der Waals surface area contributed by atoms with Crippen molar-refractivity contribution in [3.8, 4) is 0 Å².